The van der Waals surface area contributed by atoms with Crippen molar-refractivity contribution in [1.82, 2.24) is 4.90 Å². The van der Waals surface area contributed by atoms with Crippen molar-refractivity contribution in [3.8, 4) is 0 Å². The van der Waals surface area contributed by atoms with E-state index in [0.29, 0.717) is 11.1 Å². The molecule has 1 unspecified atom stereocenters. The zero-order valence-corrected chi connectivity index (χ0v) is 9.03. The fourth-order valence-corrected chi connectivity index (χ4v) is 2.70. The predicted octanol–water partition coefficient (Wildman–Crippen LogP) is 1.07. The van der Waals surface area contributed by atoms with Crippen molar-refractivity contribution in [3.63, 3.8) is 0 Å². The first kappa shape index (κ1) is 10.5. The van der Waals surface area contributed by atoms with E-state index in [0.717, 1.165) is 32.5 Å². The van der Waals surface area contributed by atoms with Gasteiger partial charge in [-0.15, -0.1) is 11.6 Å². The molecule has 4 heteroatoms. The lowest BCUT2D eigenvalue weighted by atomic mass is 10.1. The fraction of sp³-hybridized carbons (Fsp3) is 1.00. The van der Waals surface area contributed by atoms with E-state index in [4.69, 9.17) is 11.6 Å². The largest absolute Gasteiger partial charge is 0.302 e. The van der Waals surface area contributed by atoms with Gasteiger partial charge in [0.15, 0.2) is 0 Å². The van der Waals surface area contributed by atoms with E-state index in [1.807, 2.05) is 6.26 Å². The Hall–Kier alpha value is 0.400. The minimum atomic E-state index is -0.631. The van der Waals surface area contributed by atoms with Crippen LogP contribution in [0.3, 0.4) is 0 Å². The lowest BCUT2D eigenvalue weighted by Gasteiger charge is -2.30. The van der Waals surface area contributed by atoms with Gasteiger partial charge in [-0.3, -0.25) is 4.21 Å². The van der Waals surface area contributed by atoms with Crippen molar-refractivity contribution >= 4 is 22.4 Å². The first-order valence-corrected chi connectivity index (χ1v) is 6.50. The van der Waals surface area contributed by atoms with E-state index in [-0.39, 0.29) is 0 Å². The van der Waals surface area contributed by atoms with Gasteiger partial charge in [-0.1, -0.05) is 0 Å². The van der Waals surface area contributed by atoms with Gasteiger partial charge < -0.3 is 4.90 Å². The highest BCUT2D eigenvalue weighted by Gasteiger charge is 2.20. The van der Waals surface area contributed by atoms with E-state index in [1.54, 1.807) is 0 Å². The number of rotatable bonds is 3. The van der Waals surface area contributed by atoms with Gasteiger partial charge in [0.25, 0.3) is 0 Å². The van der Waals surface area contributed by atoms with Crippen LogP contribution >= 0.6 is 11.6 Å². The second-order valence-electron chi connectivity index (χ2n) is 3.23. The van der Waals surface area contributed by atoms with Crippen LogP contribution in [-0.2, 0) is 10.8 Å². The predicted molar refractivity (Wildman–Crippen MR) is 54.2 cm³/mol. The van der Waals surface area contributed by atoms with Gasteiger partial charge >= 0.3 is 0 Å². The molecule has 0 aromatic carbocycles. The zero-order chi connectivity index (χ0) is 8.97. The second-order valence-corrected chi connectivity index (χ2v) is 5.27. The molecular formula is C8H16ClNOS. The minimum Gasteiger partial charge on any atom is -0.302 e. The topological polar surface area (TPSA) is 20.3 Å². The number of halogens is 1. The summed E-state index contributed by atoms with van der Waals surface area (Å²) >= 11 is 5.63. The molecule has 0 saturated carbocycles. The van der Waals surface area contributed by atoms with Crippen molar-refractivity contribution in [2.75, 3.05) is 31.8 Å². The fourth-order valence-electron chi connectivity index (χ4n) is 1.58. The molecule has 2 nitrogen and oxygen atoms in total. The summed E-state index contributed by atoms with van der Waals surface area (Å²) in [6.45, 7) is 3.11. The summed E-state index contributed by atoms with van der Waals surface area (Å²) < 4.78 is 11.1. The zero-order valence-electron chi connectivity index (χ0n) is 7.46. The highest BCUT2D eigenvalue weighted by molar-refractivity contribution is 7.84. The number of hydrogen-bond acceptors (Lipinski definition) is 2. The number of hydrogen-bond donors (Lipinski definition) is 0. The number of likely N-dealkylation sites (tertiary alicyclic amines) is 1. The molecule has 0 bridgehead atoms. The first-order valence-electron chi connectivity index (χ1n) is 4.34. The number of piperidine rings is 1. The lowest BCUT2D eigenvalue weighted by molar-refractivity contribution is 0.244. The van der Waals surface area contributed by atoms with Crippen molar-refractivity contribution in [2.24, 2.45) is 0 Å². The molecule has 1 fully saturated rings. The van der Waals surface area contributed by atoms with Crippen LogP contribution in [0.1, 0.15) is 12.8 Å². The molecule has 0 aromatic heterocycles. The quantitative estimate of drug-likeness (QED) is 0.649. The Balaban J connectivity index is 2.25. The van der Waals surface area contributed by atoms with Gasteiger partial charge in [-0.2, -0.15) is 0 Å². The Morgan fingerprint density at radius 3 is 2.50 bits per heavy atom. The maximum Gasteiger partial charge on any atom is 0.0369 e. The van der Waals surface area contributed by atoms with Gasteiger partial charge in [0.2, 0.25) is 0 Å². The lowest BCUT2D eigenvalue weighted by Crippen LogP contribution is -2.38. The molecule has 1 saturated heterocycles. The summed E-state index contributed by atoms with van der Waals surface area (Å²) in [6.07, 6.45) is 3.95. The van der Waals surface area contributed by atoms with Crippen LogP contribution in [0.15, 0.2) is 0 Å². The summed E-state index contributed by atoms with van der Waals surface area (Å²) in [5.74, 6) is 0.708. The normalized spacial score (nSPS) is 24.2. The Morgan fingerprint density at radius 1 is 1.50 bits per heavy atom. The van der Waals surface area contributed by atoms with Crippen LogP contribution in [0.25, 0.3) is 0 Å². The van der Waals surface area contributed by atoms with Crippen LogP contribution in [0.4, 0.5) is 0 Å². The Morgan fingerprint density at radius 2 is 2.08 bits per heavy atom. The third-order valence-corrected chi connectivity index (χ3v) is 3.98. The molecule has 0 N–H and O–H groups in total. The van der Waals surface area contributed by atoms with E-state index >= 15 is 0 Å². The molecule has 0 radical (unpaired) electrons. The second kappa shape index (κ2) is 5.20. The van der Waals surface area contributed by atoms with Gasteiger partial charge in [-0.05, 0) is 25.9 Å². The number of nitrogens with zero attached hydrogens (tertiary/aromatic N) is 1. The molecule has 0 spiro atoms. The molecule has 1 heterocycles. The van der Waals surface area contributed by atoms with Crippen LogP contribution in [0.2, 0.25) is 0 Å². The van der Waals surface area contributed by atoms with Crippen molar-refractivity contribution in [1.29, 1.82) is 0 Å². The molecule has 72 valence electrons. The molecule has 1 aliphatic heterocycles. The first-order chi connectivity index (χ1) is 5.74. The summed E-state index contributed by atoms with van der Waals surface area (Å²) in [5.41, 5.74) is 0. The number of alkyl halides is 1. The molecule has 1 aliphatic rings. The Labute approximate surface area is 81.7 Å². The average molecular weight is 210 g/mol. The summed E-state index contributed by atoms with van der Waals surface area (Å²) in [7, 11) is -0.631. The van der Waals surface area contributed by atoms with Crippen LogP contribution in [0.5, 0.6) is 0 Å². The smallest absolute Gasteiger partial charge is 0.0369 e. The summed E-state index contributed by atoms with van der Waals surface area (Å²) in [6, 6.07) is 0. The van der Waals surface area contributed by atoms with E-state index in [2.05, 4.69) is 4.90 Å². The highest BCUT2D eigenvalue weighted by atomic mass is 35.5. The van der Waals surface area contributed by atoms with E-state index in [9.17, 15) is 4.21 Å². The Bertz CT molecular complexity index is 157. The maximum atomic E-state index is 11.1. The molecule has 1 atom stereocenters. The van der Waals surface area contributed by atoms with Gasteiger partial charge in [0.05, 0.1) is 0 Å². The van der Waals surface area contributed by atoms with E-state index in [1.165, 1.54) is 0 Å². The highest BCUT2D eigenvalue weighted by Crippen LogP contribution is 2.14. The monoisotopic (exact) mass is 209 g/mol. The molecule has 12 heavy (non-hydrogen) atoms. The van der Waals surface area contributed by atoms with Crippen molar-refractivity contribution in [2.45, 2.75) is 18.1 Å². The van der Waals surface area contributed by atoms with Crippen LogP contribution in [0, 0.1) is 0 Å². The molecule has 1 rings (SSSR count). The van der Waals surface area contributed by atoms with Gasteiger partial charge in [0, 0.05) is 34.7 Å². The summed E-state index contributed by atoms with van der Waals surface area (Å²) in [5, 5.41) is 0.427. The molecule has 0 amide bonds. The summed E-state index contributed by atoms with van der Waals surface area (Å²) in [4.78, 5) is 2.34. The molecule has 0 aliphatic carbocycles. The SMILES string of the molecule is CS(=O)C1CCN(CCCl)CC1. The van der Waals surface area contributed by atoms with Crippen LogP contribution in [-0.4, -0.2) is 46.1 Å². The van der Waals surface area contributed by atoms with Crippen molar-refractivity contribution < 1.29 is 4.21 Å². The minimum absolute atomic E-state index is 0.427. The van der Waals surface area contributed by atoms with Crippen LogP contribution < -0.4 is 0 Å². The Kier molecular flexibility index (Phi) is 4.54. The van der Waals surface area contributed by atoms with Gasteiger partial charge in [-0.25, -0.2) is 0 Å². The molecule has 0 aromatic rings. The third-order valence-electron chi connectivity index (χ3n) is 2.40. The van der Waals surface area contributed by atoms with Crippen molar-refractivity contribution in [3.05, 3.63) is 0 Å². The average Bonchev–Trinajstić information content (AvgIpc) is 2.06. The van der Waals surface area contributed by atoms with E-state index < -0.39 is 10.8 Å². The standard InChI is InChI=1S/C8H16ClNOS/c1-12(11)8-2-5-10(6-3-8)7-4-9/h8H,2-7H2,1H3. The van der Waals surface area contributed by atoms with Gasteiger partial charge in [0.1, 0.15) is 0 Å². The molecular weight excluding hydrogens is 194 g/mol. The third kappa shape index (κ3) is 3.04. The maximum absolute atomic E-state index is 11.1.